The van der Waals surface area contributed by atoms with Gasteiger partial charge in [-0.3, -0.25) is 0 Å². The molecule has 1 N–H and O–H groups in total. The van der Waals surface area contributed by atoms with Crippen LogP contribution in [0, 0.1) is 13.8 Å². The molecular weight excluding hydrogens is 290 g/mol. The zero-order valence-corrected chi connectivity index (χ0v) is 13.8. The van der Waals surface area contributed by atoms with Gasteiger partial charge in [0.25, 0.3) is 0 Å². The molecule has 4 nitrogen and oxygen atoms in total. The summed E-state index contributed by atoms with van der Waals surface area (Å²) < 4.78 is 0. The molecule has 2 rings (SSSR count). The van der Waals surface area contributed by atoms with Crippen molar-refractivity contribution in [3.8, 4) is 0 Å². The van der Waals surface area contributed by atoms with E-state index in [9.17, 15) is 4.79 Å². The Morgan fingerprint density at radius 1 is 1.50 bits per heavy atom. The van der Waals surface area contributed by atoms with Gasteiger partial charge in [-0.15, -0.1) is 22.7 Å². The number of carbonyl (C=O) groups is 1. The standard InChI is InChI=1S/C14H19N3OS2/c1-9-13(20-11(3)15-9)10(2)16-14(18)17(4)8-12-6-5-7-19-12/h5-7,10H,8H2,1-4H3,(H,16,18). The maximum Gasteiger partial charge on any atom is 0.317 e. The molecule has 108 valence electrons. The predicted molar refractivity (Wildman–Crippen MR) is 84.3 cm³/mol. The van der Waals surface area contributed by atoms with Crippen molar-refractivity contribution < 1.29 is 4.79 Å². The van der Waals surface area contributed by atoms with Gasteiger partial charge in [0.15, 0.2) is 0 Å². The minimum atomic E-state index is -0.0589. The third-order valence-electron chi connectivity index (χ3n) is 2.99. The van der Waals surface area contributed by atoms with E-state index in [1.807, 2.05) is 45.3 Å². The van der Waals surface area contributed by atoms with Gasteiger partial charge >= 0.3 is 6.03 Å². The normalized spacial score (nSPS) is 12.2. The number of amides is 2. The van der Waals surface area contributed by atoms with Gasteiger partial charge in [0.2, 0.25) is 0 Å². The number of hydrogen-bond donors (Lipinski definition) is 1. The van der Waals surface area contributed by atoms with Crippen molar-refractivity contribution in [2.45, 2.75) is 33.4 Å². The summed E-state index contributed by atoms with van der Waals surface area (Å²) in [6, 6.07) is 3.96. The Hall–Kier alpha value is -1.40. The molecule has 6 heteroatoms. The van der Waals surface area contributed by atoms with Crippen molar-refractivity contribution in [2.75, 3.05) is 7.05 Å². The fourth-order valence-electron chi connectivity index (χ4n) is 2.02. The fourth-order valence-corrected chi connectivity index (χ4v) is 3.70. The van der Waals surface area contributed by atoms with Crippen molar-refractivity contribution in [3.05, 3.63) is 38.0 Å². The molecule has 1 unspecified atom stereocenters. The van der Waals surface area contributed by atoms with Gasteiger partial charge in [0.05, 0.1) is 23.3 Å². The Labute approximate surface area is 127 Å². The number of hydrogen-bond acceptors (Lipinski definition) is 4. The molecule has 0 radical (unpaired) electrons. The SMILES string of the molecule is Cc1nc(C)c(C(C)NC(=O)N(C)Cc2cccs2)s1. The maximum absolute atomic E-state index is 12.2. The number of urea groups is 1. The summed E-state index contributed by atoms with van der Waals surface area (Å²) in [7, 11) is 1.81. The first-order valence-electron chi connectivity index (χ1n) is 6.45. The van der Waals surface area contributed by atoms with Gasteiger partial charge in [-0.1, -0.05) is 6.07 Å². The lowest BCUT2D eigenvalue weighted by molar-refractivity contribution is 0.204. The van der Waals surface area contributed by atoms with Crippen LogP contribution < -0.4 is 5.32 Å². The highest BCUT2D eigenvalue weighted by Gasteiger charge is 2.17. The molecule has 2 aromatic rings. The van der Waals surface area contributed by atoms with Crippen LogP contribution in [0.5, 0.6) is 0 Å². The highest BCUT2D eigenvalue weighted by molar-refractivity contribution is 7.11. The molecule has 0 aliphatic carbocycles. The smallest absolute Gasteiger partial charge is 0.317 e. The summed E-state index contributed by atoms with van der Waals surface area (Å²) in [6.07, 6.45) is 0. The van der Waals surface area contributed by atoms with E-state index >= 15 is 0 Å². The molecule has 1 atom stereocenters. The Morgan fingerprint density at radius 3 is 2.80 bits per heavy atom. The molecule has 20 heavy (non-hydrogen) atoms. The molecule has 0 bridgehead atoms. The summed E-state index contributed by atoms with van der Waals surface area (Å²) in [5.41, 5.74) is 1.00. The quantitative estimate of drug-likeness (QED) is 0.935. The van der Waals surface area contributed by atoms with Gasteiger partial charge in [0.1, 0.15) is 0 Å². The van der Waals surface area contributed by atoms with Crippen LogP contribution in [-0.4, -0.2) is 23.0 Å². The third-order valence-corrected chi connectivity index (χ3v) is 5.11. The lowest BCUT2D eigenvalue weighted by Crippen LogP contribution is -2.38. The van der Waals surface area contributed by atoms with E-state index in [-0.39, 0.29) is 12.1 Å². The fraction of sp³-hybridized carbons (Fsp3) is 0.429. The van der Waals surface area contributed by atoms with Crippen LogP contribution in [0.1, 0.15) is 33.4 Å². The summed E-state index contributed by atoms with van der Waals surface area (Å²) >= 11 is 3.30. The van der Waals surface area contributed by atoms with E-state index in [2.05, 4.69) is 10.3 Å². The van der Waals surface area contributed by atoms with Crippen molar-refractivity contribution in [1.82, 2.24) is 15.2 Å². The Kier molecular flexibility index (Phi) is 4.77. The van der Waals surface area contributed by atoms with E-state index < -0.39 is 0 Å². The van der Waals surface area contributed by atoms with E-state index in [4.69, 9.17) is 0 Å². The van der Waals surface area contributed by atoms with Crippen molar-refractivity contribution >= 4 is 28.7 Å². The molecule has 2 heterocycles. The number of rotatable bonds is 4. The number of thiazole rings is 1. The van der Waals surface area contributed by atoms with Crippen LogP contribution in [0.15, 0.2) is 17.5 Å². The number of nitrogens with zero attached hydrogens (tertiary/aromatic N) is 2. The number of aromatic nitrogens is 1. The van der Waals surface area contributed by atoms with E-state index in [1.54, 1.807) is 27.6 Å². The van der Waals surface area contributed by atoms with Gasteiger partial charge in [0, 0.05) is 16.8 Å². The second kappa shape index (κ2) is 6.37. The molecule has 0 saturated heterocycles. The van der Waals surface area contributed by atoms with Crippen molar-refractivity contribution in [1.29, 1.82) is 0 Å². The Morgan fingerprint density at radius 2 is 2.25 bits per heavy atom. The minimum absolute atomic E-state index is 0.0144. The predicted octanol–water partition coefficient (Wildman–Crippen LogP) is 3.72. The molecule has 0 fully saturated rings. The van der Waals surface area contributed by atoms with Crippen LogP contribution in [0.25, 0.3) is 0 Å². The highest BCUT2D eigenvalue weighted by atomic mass is 32.1. The van der Waals surface area contributed by atoms with Crippen LogP contribution in [0.2, 0.25) is 0 Å². The summed E-state index contributed by atoms with van der Waals surface area (Å²) in [6.45, 7) is 6.60. The summed E-state index contributed by atoms with van der Waals surface area (Å²) in [5.74, 6) is 0. The minimum Gasteiger partial charge on any atom is -0.331 e. The molecule has 0 aliphatic heterocycles. The first-order chi connectivity index (χ1) is 9.47. The van der Waals surface area contributed by atoms with Crippen molar-refractivity contribution in [2.24, 2.45) is 0 Å². The third kappa shape index (κ3) is 3.58. The first kappa shape index (κ1) is 15.0. The van der Waals surface area contributed by atoms with Crippen LogP contribution in [-0.2, 0) is 6.54 Å². The van der Waals surface area contributed by atoms with E-state index in [0.717, 1.165) is 15.6 Å². The topological polar surface area (TPSA) is 45.2 Å². The molecule has 0 aliphatic rings. The maximum atomic E-state index is 12.2. The number of thiophene rings is 1. The molecule has 0 aromatic carbocycles. The molecular formula is C14H19N3OS2. The molecule has 2 aromatic heterocycles. The average Bonchev–Trinajstić information content (AvgIpc) is 2.98. The number of carbonyl (C=O) groups excluding carboxylic acids is 1. The van der Waals surface area contributed by atoms with Gasteiger partial charge < -0.3 is 10.2 Å². The lowest BCUT2D eigenvalue weighted by Gasteiger charge is -2.20. The molecule has 0 spiro atoms. The second-order valence-electron chi connectivity index (χ2n) is 4.79. The van der Waals surface area contributed by atoms with E-state index in [1.165, 1.54) is 4.88 Å². The van der Waals surface area contributed by atoms with Crippen LogP contribution in [0.4, 0.5) is 4.79 Å². The Balaban J connectivity index is 1.95. The highest BCUT2D eigenvalue weighted by Crippen LogP contribution is 2.24. The van der Waals surface area contributed by atoms with Gasteiger partial charge in [-0.2, -0.15) is 0 Å². The molecule has 0 saturated carbocycles. The summed E-state index contributed by atoms with van der Waals surface area (Å²) in [4.78, 5) is 20.6. The zero-order chi connectivity index (χ0) is 14.7. The average molecular weight is 309 g/mol. The monoisotopic (exact) mass is 309 g/mol. The zero-order valence-electron chi connectivity index (χ0n) is 12.1. The van der Waals surface area contributed by atoms with Gasteiger partial charge in [-0.05, 0) is 32.2 Å². The van der Waals surface area contributed by atoms with E-state index in [0.29, 0.717) is 6.54 Å². The van der Waals surface area contributed by atoms with Crippen LogP contribution in [0.3, 0.4) is 0 Å². The second-order valence-corrected chi connectivity index (χ2v) is 7.06. The van der Waals surface area contributed by atoms with Crippen molar-refractivity contribution in [3.63, 3.8) is 0 Å². The largest absolute Gasteiger partial charge is 0.331 e. The summed E-state index contributed by atoms with van der Waals surface area (Å²) in [5, 5.41) is 6.08. The number of aryl methyl sites for hydroxylation is 2. The lowest BCUT2D eigenvalue weighted by atomic mass is 10.2. The van der Waals surface area contributed by atoms with Crippen LogP contribution >= 0.6 is 22.7 Å². The Bertz CT molecular complexity index is 577. The number of nitrogens with one attached hydrogen (secondary N) is 1. The first-order valence-corrected chi connectivity index (χ1v) is 8.15. The molecule has 2 amide bonds. The van der Waals surface area contributed by atoms with Gasteiger partial charge in [-0.25, -0.2) is 9.78 Å².